The van der Waals surface area contributed by atoms with Crippen molar-refractivity contribution in [3.63, 3.8) is 0 Å². The quantitative estimate of drug-likeness (QED) is 0.744. The second-order valence-electron chi connectivity index (χ2n) is 11.5. The number of rotatable bonds is 4. The Labute approximate surface area is 190 Å². The smallest absolute Gasteiger partial charge is 0.162 e. The molecule has 1 N–H and O–H groups in total. The SMILES string of the molecule is CC(O)C1CC[C@H]2[C@H](C1)[C@H]1CC[C@]3(C)[C@@H](C(=O)Cn4ccc(C#N)n4)CC[C@H]3[C@@H]1C[C@H]2F. The summed E-state index contributed by atoms with van der Waals surface area (Å²) in [5, 5.41) is 23.4. The van der Waals surface area contributed by atoms with Gasteiger partial charge in [0.05, 0.1) is 12.6 Å². The molecule has 0 bridgehead atoms. The molecule has 174 valence electrons. The summed E-state index contributed by atoms with van der Waals surface area (Å²) in [5.41, 5.74) is 0.275. The zero-order valence-electron chi connectivity index (χ0n) is 19.3. The van der Waals surface area contributed by atoms with Crippen LogP contribution in [0.5, 0.6) is 0 Å². The number of aliphatic hydroxyl groups excluding tert-OH is 1. The molecule has 1 aromatic rings. The molecule has 0 spiro atoms. The number of alkyl halides is 1. The molecule has 4 fully saturated rings. The van der Waals surface area contributed by atoms with E-state index in [4.69, 9.17) is 5.26 Å². The number of aliphatic hydroxyl groups is 1. The lowest BCUT2D eigenvalue weighted by Gasteiger charge is -2.57. The first-order chi connectivity index (χ1) is 15.3. The summed E-state index contributed by atoms with van der Waals surface area (Å²) in [5.74, 6) is 2.40. The van der Waals surface area contributed by atoms with Crippen LogP contribution in [0.1, 0.15) is 70.9 Å². The summed E-state index contributed by atoms with van der Waals surface area (Å²) in [6.07, 6.45) is 8.20. The Bertz CT molecular complexity index is 907. The predicted octanol–water partition coefficient (Wildman–Crippen LogP) is 4.54. The van der Waals surface area contributed by atoms with E-state index >= 15 is 4.39 Å². The van der Waals surface area contributed by atoms with Crippen molar-refractivity contribution in [3.05, 3.63) is 18.0 Å². The van der Waals surface area contributed by atoms with Gasteiger partial charge >= 0.3 is 0 Å². The molecule has 1 heterocycles. The Balaban J connectivity index is 1.33. The highest BCUT2D eigenvalue weighted by molar-refractivity contribution is 5.82. The molecule has 0 amide bonds. The molecule has 4 aliphatic rings. The maximum Gasteiger partial charge on any atom is 0.162 e. The highest BCUT2D eigenvalue weighted by atomic mass is 19.1. The molecule has 6 heteroatoms. The third kappa shape index (κ3) is 3.52. The van der Waals surface area contributed by atoms with E-state index in [2.05, 4.69) is 12.0 Å². The van der Waals surface area contributed by atoms with Gasteiger partial charge < -0.3 is 5.11 Å². The number of fused-ring (bicyclic) bond motifs is 5. The van der Waals surface area contributed by atoms with Crippen molar-refractivity contribution < 1.29 is 14.3 Å². The molecule has 0 saturated heterocycles. The molecule has 32 heavy (non-hydrogen) atoms. The first kappa shape index (κ1) is 22.1. The number of nitriles is 1. The van der Waals surface area contributed by atoms with Crippen molar-refractivity contribution in [2.24, 2.45) is 46.8 Å². The molecule has 5 nitrogen and oxygen atoms in total. The summed E-state index contributed by atoms with van der Waals surface area (Å²) in [6, 6.07) is 3.66. The van der Waals surface area contributed by atoms with E-state index < -0.39 is 6.17 Å². The van der Waals surface area contributed by atoms with Crippen LogP contribution in [0.3, 0.4) is 0 Å². The average Bonchev–Trinajstić information content (AvgIpc) is 3.37. The molecule has 2 unspecified atom stereocenters. The van der Waals surface area contributed by atoms with Crippen LogP contribution >= 0.6 is 0 Å². The fourth-order valence-electron chi connectivity index (χ4n) is 8.57. The average molecular weight is 442 g/mol. The summed E-state index contributed by atoms with van der Waals surface area (Å²) in [6.45, 7) is 4.39. The van der Waals surface area contributed by atoms with Crippen LogP contribution in [0.2, 0.25) is 0 Å². The maximum absolute atomic E-state index is 15.4. The van der Waals surface area contributed by atoms with Gasteiger partial charge in [-0.15, -0.1) is 0 Å². The van der Waals surface area contributed by atoms with Crippen molar-refractivity contribution >= 4 is 5.78 Å². The fourth-order valence-corrected chi connectivity index (χ4v) is 8.57. The van der Waals surface area contributed by atoms with E-state index in [1.54, 1.807) is 16.9 Å². The van der Waals surface area contributed by atoms with Crippen LogP contribution in [-0.2, 0) is 11.3 Å². The van der Waals surface area contributed by atoms with Gasteiger partial charge in [0.2, 0.25) is 0 Å². The highest BCUT2D eigenvalue weighted by Crippen LogP contribution is 2.65. The summed E-state index contributed by atoms with van der Waals surface area (Å²) >= 11 is 0. The maximum atomic E-state index is 15.4. The summed E-state index contributed by atoms with van der Waals surface area (Å²) in [4.78, 5) is 13.3. The lowest BCUT2D eigenvalue weighted by atomic mass is 9.48. The minimum absolute atomic E-state index is 0.00413. The van der Waals surface area contributed by atoms with E-state index in [1.165, 1.54) is 0 Å². The molecule has 0 radical (unpaired) electrons. The van der Waals surface area contributed by atoms with Crippen LogP contribution in [0.25, 0.3) is 0 Å². The Hall–Kier alpha value is -1.74. The third-order valence-corrected chi connectivity index (χ3v) is 10.1. The summed E-state index contributed by atoms with van der Waals surface area (Å²) < 4.78 is 17.0. The Kier molecular flexibility index (Phi) is 5.68. The zero-order valence-corrected chi connectivity index (χ0v) is 19.3. The number of hydrogen-bond acceptors (Lipinski definition) is 4. The van der Waals surface area contributed by atoms with Crippen molar-refractivity contribution in [2.45, 2.75) is 84.0 Å². The molecule has 4 saturated carbocycles. The van der Waals surface area contributed by atoms with Gasteiger partial charge in [-0.2, -0.15) is 10.4 Å². The molecular weight excluding hydrogens is 405 g/mol. The molecular formula is C26H36FN3O2. The van der Waals surface area contributed by atoms with Gasteiger partial charge in [-0.25, -0.2) is 4.39 Å². The van der Waals surface area contributed by atoms with E-state index in [1.807, 2.05) is 13.0 Å². The fraction of sp³-hybridized carbons (Fsp3) is 0.808. The van der Waals surface area contributed by atoms with Gasteiger partial charge in [0.25, 0.3) is 0 Å². The Morgan fingerprint density at radius 1 is 1.25 bits per heavy atom. The van der Waals surface area contributed by atoms with Gasteiger partial charge in [0, 0.05) is 12.1 Å². The minimum atomic E-state index is -0.734. The minimum Gasteiger partial charge on any atom is -0.393 e. The Morgan fingerprint density at radius 2 is 2.06 bits per heavy atom. The zero-order chi connectivity index (χ0) is 22.6. The van der Waals surface area contributed by atoms with Crippen LogP contribution in [0, 0.1) is 58.2 Å². The van der Waals surface area contributed by atoms with Crippen molar-refractivity contribution in [1.29, 1.82) is 5.26 Å². The first-order valence-corrected chi connectivity index (χ1v) is 12.6. The van der Waals surface area contributed by atoms with Crippen molar-refractivity contribution in [2.75, 3.05) is 0 Å². The molecule has 5 rings (SSSR count). The number of nitrogens with zero attached hydrogens (tertiary/aromatic N) is 3. The number of carbonyl (C=O) groups excluding carboxylic acids is 1. The van der Waals surface area contributed by atoms with E-state index in [-0.39, 0.29) is 35.7 Å². The standard InChI is InChI=1S/C26H36FN3O2/c1-15(31)16-3-4-19-20(11-16)18-7-9-26(2)22(21(18)12-24(19)27)5-6-23(26)25(32)14-30-10-8-17(13-28)29-30/h8,10,15-16,18-24,31H,3-7,9,11-12,14H2,1-2H3/t15?,16?,18-,19+,20-,21-,22+,23-,24-,26+/m1/s1. The van der Waals surface area contributed by atoms with Gasteiger partial charge in [-0.3, -0.25) is 9.48 Å². The lowest BCUT2D eigenvalue weighted by molar-refractivity contribution is -0.134. The Morgan fingerprint density at radius 3 is 2.78 bits per heavy atom. The second kappa shape index (κ2) is 8.24. The summed E-state index contributed by atoms with van der Waals surface area (Å²) in [7, 11) is 0. The normalized spacial score (nSPS) is 44.1. The van der Waals surface area contributed by atoms with Crippen molar-refractivity contribution in [1.82, 2.24) is 9.78 Å². The number of ketones is 1. The molecule has 1 aromatic heterocycles. The number of Topliss-reactive ketones (excluding diaryl/α,β-unsaturated/α-hetero) is 1. The van der Waals surface area contributed by atoms with Crippen LogP contribution in [0.15, 0.2) is 12.3 Å². The number of hydrogen-bond donors (Lipinski definition) is 1. The van der Waals surface area contributed by atoms with Gasteiger partial charge in [-0.05, 0) is 105 Å². The van der Waals surface area contributed by atoms with E-state index in [9.17, 15) is 9.90 Å². The van der Waals surface area contributed by atoms with Gasteiger partial charge in [0.15, 0.2) is 11.5 Å². The van der Waals surface area contributed by atoms with E-state index in [0.29, 0.717) is 41.7 Å². The van der Waals surface area contributed by atoms with Crippen LogP contribution < -0.4 is 0 Å². The number of carbonyl (C=O) groups is 1. The van der Waals surface area contributed by atoms with Gasteiger partial charge in [-0.1, -0.05) is 6.92 Å². The molecule has 0 aromatic carbocycles. The van der Waals surface area contributed by atoms with Gasteiger partial charge in [0.1, 0.15) is 12.2 Å². The first-order valence-electron chi connectivity index (χ1n) is 12.6. The largest absolute Gasteiger partial charge is 0.393 e. The topological polar surface area (TPSA) is 78.9 Å². The predicted molar refractivity (Wildman–Crippen MR) is 118 cm³/mol. The van der Waals surface area contributed by atoms with E-state index in [0.717, 1.165) is 44.9 Å². The lowest BCUT2D eigenvalue weighted by Crippen LogP contribution is -2.53. The highest BCUT2D eigenvalue weighted by Gasteiger charge is 2.60. The molecule has 0 aliphatic heterocycles. The van der Waals surface area contributed by atoms with Crippen LogP contribution in [-0.4, -0.2) is 32.9 Å². The molecule has 10 atom stereocenters. The monoisotopic (exact) mass is 441 g/mol. The van der Waals surface area contributed by atoms with Crippen molar-refractivity contribution in [3.8, 4) is 6.07 Å². The number of halogens is 1. The molecule has 4 aliphatic carbocycles. The third-order valence-electron chi connectivity index (χ3n) is 10.1. The second-order valence-corrected chi connectivity index (χ2v) is 11.5. The number of aromatic nitrogens is 2. The van der Waals surface area contributed by atoms with Crippen LogP contribution in [0.4, 0.5) is 4.39 Å².